The largest absolute Gasteiger partial charge is 0.0848 e. The molecule has 6 unspecified atom stereocenters. The van der Waals surface area contributed by atoms with Crippen molar-refractivity contribution in [1.29, 1.82) is 0 Å². The molecule has 3 saturated carbocycles. The van der Waals surface area contributed by atoms with Crippen LogP contribution in [-0.2, 0) is 0 Å². The lowest BCUT2D eigenvalue weighted by molar-refractivity contribution is 0.0983. The van der Waals surface area contributed by atoms with E-state index in [1.807, 2.05) is 0 Å². The second-order valence-electron chi connectivity index (χ2n) is 6.92. The summed E-state index contributed by atoms with van der Waals surface area (Å²) in [6, 6.07) is 0. The van der Waals surface area contributed by atoms with E-state index in [1.165, 1.54) is 25.7 Å². The van der Waals surface area contributed by atoms with Crippen LogP contribution in [0.2, 0.25) is 0 Å². The molecule has 0 aromatic rings. The maximum absolute atomic E-state index is 2.62. The van der Waals surface area contributed by atoms with Gasteiger partial charge in [0.15, 0.2) is 0 Å². The van der Waals surface area contributed by atoms with Crippen molar-refractivity contribution in [3.63, 3.8) is 0 Å². The van der Waals surface area contributed by atoms with E-state index in [9.17, 15) is 0 Å². The van der Waals surface area contributed by atoms with E-state index >= 15 is 0 Å². The molecule has 0 spiro atoms. The summed E-state index contributed by atoms with van der Waals surface area (Å²) in [7, 11) is 0. The van der Waals surface area contributed by atoms with Crippen LogP contribution in [-0.4, -0.2) is 0 Å². The zero-order valence-corrected chi connectivity index (χ0v) is 10.4. The van der Waals surface area contributed by atoms with Crippen LogP contribution in [0.5, 0.6) is 0 Å². The summed E-state index contributed by atoms with van der Waals surface area (Å²) in [5, 5.41) is 0. The molecule has 0 heterocycles. The summed E-state index contributed by atoms with van der Waals surface area (Å²) in [6.07, 6.45) is 14.4. The Bertz CT molecular complexity index is 286. The molecule has 3 fully saturated rings. The maximum Gasteiger partial charge on any atom is -0.0199 e. The van der Waals surface area contributed by atoms with Gasteiger partial charge in [0.25, 0.3) is 0 Å². The zero-order chi connectivity index (χ0) is 10.7. The van der Waals surface area contributed by atoms with Gasteiger partial charge >= 0.3 is 0 Å². The standard InChI is InChI=1S/C16H24/c1-10-13-6-2-4-11-8-9-12-5-3-7-14(10)16(12)15(11)13/h8-16H,2-7H2,1H3. The molecule has 0 aromatic carbocycles. The normalized spacial score (nSPS) is 58.4. The maximum atomic E-state index is 2.62. The highest BCUT2D eigenvalue weighted by Crippen LogP contribution is 2.62. The van der Waals surface area contributed by atoms with Crippen molar-refractivity contribution in [3.8, 4) is 0 Å². The number of rotatable bonds is 0. The molecule has 4 aliphatic carbocycles. The lowest BCUT2D eigenvalue weighted by Crippen LogP contribution is -2.37. The molecule has 4 aliphatic rings. The SMILES string of the molecule is CC1C2CCCC3C=CC4CCCC1C4C32. The van der Waals surface area contributed by atoms with Crippen LogP contribution in [0.25, 0.3) is 0 Å². The van der Waals surface area contributed by atoms with Gasteiger partial charge in [-0.2, -0.15) is 0 Å². The van der Waals surface area contributed by atoms with Gasteiger partial charge in [0.1, 0.15) is 0 Å². The third-order valence-electron chi connectivity index (χ3n) is 6.53. The first kappa shape index (κ1) is 9.74. The molecule has 0 amide bonds. The van der Waals surface area contributed by atoms with Crippen LogP contribution in [0.15, 0.2) is 12.2 Å². The molecule has 0 aliphatic heterocycles. The van der Waals surface area contributed by atoms with E-state index in [2.05, 4.69) is 19.1 Å². The minimum absolute atomic E-state index is 0.977. The van der Waals surface area contributed by atoms with Gasteiger partial charge < -0.3 is 0 Å². The molecule has 0 saturated heterocycles. The summed E-state index contributed by atoms with van der Waals surface area (Å²) >= 11 is 0. The Hall–Kier alpha value is -0.260. The Morgan fingerprint density at radius 1 is 0.750 bits per heavy atom. The van der Waals surface area contributed by atoms with Crippen molar-refractivity contribution < 1.29 is 0 Å². The van der Waals surface area contributed by atoms with Gasteiger partial charge in [0, 0.05) is 0 Å². The van der Waals surface area contributed by atoms with Crippen molar-refractivity contribution in [1.82, 2.24) is 0 Å². The van der Waals surface area contributed by atoms with E-state index < -0.39 is 0 Å². The monoisotopic (exact) mass is 216 g/mol. The van der Waals surface area contributed by atoms with E-state index in [0.717, 1.165) is 41.4 Å². The smallest absolute Gasteiger partial charge is 0.0199 e. The lowest BCUT2D eigenvalue weighted by atomic mass is 9.61. The summed E-state index contributed by atoms with van der Waals surface area (Å²) in [5.74, 6) is 7.39. The predicted molar refractivity (Wildman–Crippen MR) is 66.9 cm³/mol. The number of hydrogen-bond acceptors (Lipinski definition) is 0. The molecule has 4 rings (SSSR count). The molecule has 16 heavy (non-hydrogen) atoms. The molecule has 0 N–H and O–H groups in total. The molecular weight excluding hydrogens is 192 g/mol. The fourth-order valence-electron chi connectivity index (χ4n) is 6.00. The highest BCUT2D eigenvalue weighted by Gasteiger charge is 2.55. The van der Waals surface area contributed by atoms with Crippen molar-refractivity contribution in [2.75, 3.05) is 0 Å². The summed E-state index contributed by atoms with van der Waals surface area (Å²) < 4.78 is 0. The number of hydrogen-bond donors (Lipinski definition) is 0. The second kappa shape index (κ2) is 3.37. The van der Waals surface area contributed by atoms with Gasteiger partial charge in [0.2, 0.25) is 0 Å². The molecule has 0 nitrogen and oxygen atoms in total. The van der Waals surface area contributed by atoms with Crippen molar-refractivity contribution in [2.24, 2.45) is 41.4 Å². The van der Waals surface area contributed by atoms with Crippen LogP contribution < -0.4 is 0 Å². The van der Waals surface area contributed by atoms with Crippen LogP contribution in [0, 0.1) is 41.4 Å². The average molecular weight is 216 g/mol. The van der Waals surface area contributed by atoms with Gasteiger partial charge in [-0.05, 0) is 67.1 Å². The predicted octanol–water partition coefficient (Wildman–Crippen LogP) is 4.27. The second-order valence-corrected chi connectivity index (χ2v) is 6.92. The Labute approximate surface area is 99.5 Å². The Morgan fingerprint density at radius 2 is 1.25 bits per heavy atom. The number of allylic oxidation sites excluding steroid dienone is 2. The van der Waals surface area contributed by atoms with Gasteiger partial charge in [-0.1, -0.05) is 31.9 Å². The van der Waals surface area contributed by atoms with Crippen LogP contribution >= 0.6 is 0 Å². The van der Waals surface area contributed by atoms with E-state index in [-0.39, 0.29) is 0 Å². The van der Waals surface area contributed by atoms with E-state index in [0.29, 0.717) is 0 Å². The quantitative estimate of drug-likeness (QED) is 0.530. The van der Waals surface area contributed by atoms with Crippen molar-refractivity contribution >= 4 is 0 Å². The lowest BCUT2D eigenvalue weighted by Gasteiger charge is -2.44. The van der Waals surface area contributed by atoms with Crippen molar-refractivity contribution in [2.45, 2.75) is 45.4 Å². The van der Waals surface area contributed by atoms with Gasteiger partial charge in [0.05, 0.1) is 0 Å². The first-order valence-corrected chi connectivity index (χ1v) is 7.54. The highest BCUT2D eigenvalue weighted by molar-refractivity contribution is 5.14. The Kier molecular flexibility index (Phi) is 2.05. The first-order valence-electron chi connectivity index (χ1n) is 7.54. The highest BCUT2D eigenvalue weighted by atomic mass is 14.6. The minimum atomic E-state index is 0.977. The fraction of sp³-hybridized carbons (Fsp3) is 0.875. The Balaban J connectivity index is 1.78. The van der Waals surface area contributed by atoms with Crippen LogP contribution in [0.4, 0.5) is 0 Å². The fourth-order valence-corrected chi connectivity index (χ4v) is 6.00. The molecule has 0 heteroatoms. The van der Waals surface area contributed by atoms with Gasteiger partial charge in [-0.15, -0.1) is 0 Å². The van der Waals surface area contributed by atoms with Crippen molar-refractivity contribution in [3.05, 3.63) is 12.2 Å². The van der Waals surface area contributed by atoms with Crippen LogP contribution in [0.1, 0.15) is 45.4 Å². The average Bonchev–Trinajstić information content (AvgIpc) is 2.64. The Morgan fingerprint density at radius 3 is 1.75 bits per heavy atom. The molecule has 6 atom stereocenters. The summed E-state index contributed by atoms with van der Waals surface area (Å²) in [6.45, 7) is 2.58. The molecular formula is C16H24. The molecule has 0 radical (unpaired) electrons. The molecule has 88 valence electrons. The molecule has 0 bridgehead atoms. The summed E-state index contributed by atoms with van der Waals surface area (Å²) in [5.41, 5.74) is 0. The third-order valence-corrected chi connectivity index (χ3v) is 6.53. The minimum Gasteiger partial charge on any atom is -0.0848 e. The van der Waals surface area contributed by atoms with Crippen LogP contribution in [0.3, 0.4) is 0 Å². The van der Waals surface area contributed by atoms with Gasteiger partial charge in [-0.25, -0.2) is 0 Å². The molecule has 0 aromatic heterocycles. The first-order chi connectivity index (χ1) is 7.86. The zero-order valence-electron chi connectivity index (χ0n) is 10.4. The third kappa shape index (κ3) is 1.11. The topological polar surface area (TPSA) is 0 Å². The van der Waals surface area contributed by atoms with E-state index in [4.69, 9.17) is 0 Å². The summed E-state index contributed by atoms with van der Waals surface area (Å²) in [4.78, 5) is 0. The van der Waals surface area contributed by atoms with Gasteiger partial charge in [-0.3, -0.25) is 0 Å². The van der Waals surface area contributed by atoms with E-state index in [1.54, 1.807) is 12.8 Å².